The van der Waals surface area contributed by atoms with Gasteiger partial charge in [-0.1, -0.05) is 19.6 Å². The highest BCUT2D eigenvalue weighted by Crippen LogP contribution is 2.20. The van der Waals surface area contributed by atoms with Crippen molar-refractivity contribution >= 4 is 17.0 Å². The first kappa shape index (κ1) is 24.2. The van der Waals surface area contributed by atoms with E-state index in [2.05, 4.69) is 43.2 Å². The monoisotopic (exact) mass is 378 g/mol. The van der Waals surface area contributed by atoms with Gasteiger partial charge in [0.25, 0.3) is 0 Å². The zero-order valence-electron chi connectivity index (χ0n) is 17.5. The average Bonchev–Trinajstić information content (AvgIpc) is 2.45. The van der Waals surface area contributed by atoms with Crippen LogP contribution < -0.4 is 0 Å². The molecule has 0 aromatic rings. The first-order valence-corrected chi connectivity index (χ1v) is 14.9. The normalized spacial score (nSPS) is 13.2. The molecule has 0 fully saturated rings. The van der Waals surface area contributed by atoms with Crippen molar-refractivity contribution in [2.75, 3.05) is 53.6 Å². The van der Waals surface area contributed by atoms with Gasteiger partial charge in [-0.3, -0.25) is 0 Å². The van der Waals surface area contributed by atoms with Crippen LogP contribution in [-0.2, 0) is 13.3 Å². The molecule has 0 radical (unpaired) electrons. The van der Waals surface area contributed by atoms with Crippen LogP contribution in [0.1, 0.15) is 33.6 Å². The molecule has 0 saturated heterocycles. The molecule has 0 aromatic carbocycles. The van der Waals surface area contributed by atoms with Crippen molar-refractivity contribution in [3.8, 4) is 0 Å². The van der Waals surface area contributed by atoms with Gasteiger partial charge in [0.15, 0.2) is 0 Å². The van der Waals surface area contributed by atoms with E-state index in [9.17, 15) is 0 Å². The van der Waals surface area contributed by atoms with Gasteiger partial charge >= 0.3 is 8.80 Å². The van der Waals surface area contributed by atoms with Crippen molar-refractivity contribution in [2.24, 2.45) is 0 Å². The molecule has 24 heavy (non-hydrogen) atoms. The molecule has 0 heterocycles. The Morgan fingerprint density at radius 1 is 0.708 bits per heavy atom. The van der Waals surface area contributed by atoms with Crippen molar-refractivity contribution in [1.29, 1.82) is 0 Å². The zero-order chi connectivity index (χ0) is 18.6. The third-order valence-corrected chi connectivity index (χ3v) is 9.52. The highest BCUT2D eigenvalue weighted by molar-refractivity contribution is 6.73. The van der Waals surface area contributed by atoms with E-state index in [-0.39, 0.29) is 0 Å². The molecular formula is C17H42N2O3Si2. The predicted molar refractivity (Wildman–Crippen MR) is 108 cm³/mol. The van der Waals surface area contributed by atoms with Gasteiger partial charge in [0, 0.05) is 39.0 Å². The van der Waals surface area contributed by atoms with Crippen molar-refractivity contribution in [1.82, 2.24) is 9.47 Å². The average molecular weight is 379 g/mol. The quantitative estimate of drug-likeness (QED) is 0.322. The summed E-state index contributed by atoms with van der Waals surface area (Å²) in [4.78, 5) is 2.27. The molecule has 0 aromatic heterocycles. The van der Waals surface area contributed by atoms with Crippen LogP contribution in [0.2, 0.25) is 25.7 Å². The van der Waals surface area contributed by atoms with Gasteiger partial charge in [0.05, 0.1) is 0 Å². The minimum atomic E-state index is -2.47. The zero-order valence-corrected chi connectivity index (χ0v) is 19.5. The van der Waals surface area contributed by atoms with E-state index in [4.69, 9.17) is 13.3 Å². The second kappa shape index (κ2) is 12.6. The second-order valence-electron chi connectivity index (χ2n) is 7.40. The fourth-order valence-corrected chi connectivity index (χ4v) is 7.03. The van der Waals surface area contributed by atoms with E-state index in [1.807, 2.05) is 20.8 Å². The first-order valence-electron chi connectivity index (χ1n) is 9.52. The summed E-state index contributed by atoms with van der Waals surface area (Å²) < 4.78 is 20.5. The Labute approximate surface area is 153 Å². The Hall–Kier alpha value is 0.234. The summed E-state index contributed by atoms with van der Waals surface area (Å²) in [5.74, 6) is 0. The molecule has 0 saturated carbocycles. The fraction of sp³-hybridized carbons (Fsp3) is 1.00. The molecule has 0 rings (SSSR count). The lowest BCUT2D eigenvalue weighted by atomic mass is 10.3. The van der Waals surface area contributed by atoms with Crippen LogP contribution >= 0.6 is 0 Å². The summed E-state index contributed by atoms with van der Waals surface area (Å²) in [6.07, 6.45) is 2.29. The fourth-order valence-electron chi connectivity index (χ4n) is 2.75. The molecule has 146 valence electrons. The lowest BCUT2D eigenvalue weighted by Gasteiger charge is -2.35. The molecular weight excluding hydrogens is 336 g/mol. The van der Waals surface area contributed by atoms with E-state index in [1.165, 1.54) is 13.0 Å². The summed E-state index contributed by atoms with van der Waals surface area (Å²) in [6.45, 7) is 18.8. The van der Waals surface area contributed by atoms with Crippen molar-refractivity contribution in [3.63, 3.8) is 0 Å². The predicted octanol–water partition coefficient (Wildman–Crippen LogP) is 3.51. The maximum atomic E-state index is 5.95. The van der Waals surface area contributed by atoms with E-state index in [0.717, 1.165) is 25.6 Å². The second-order valence-corrected chi connectivity index (χ2v) is 15.1. The van der Waals surface area contributed by atoms with Crippen LogP contribution in [0.3, 0.4) is 0 Å². The third-order valence-electron chi connectivity index (χ3n) is 4.02. The van der Waals surface area contributed by atoms with Crippen molar-refractivity contribution in [3.05, 3.63) is 0 Å². The summed E-state index contributed by atoms with van der Waals surface area (Å²) >= 11 is 0. The number of nitrogens with zero attached hydrogens (tertiary/aromatic N) is 2. The molecule has 7 heteroatoms. The molecule has 0 bridgehead atoms. The molecule has 0 amide bonds. The Balaban J connectivity index is 4.50. The number of likely N-dealkylation sites (N-methyl/N-ethyl adjacent to an activating group) is 1. The van der Waals surface area contributed by atoms with E-state index in [1.54, 1.807) is 0 Å². The number of hydrogen-bond donors (Lipinski definition) is 0. The van der Waals surface area contributed by atoms with Gasteiger partial charge in [-0.15, -0.1) is 0 Å². The van der Waals surface area contributed by atoms with Gasteiger partial charge in [-0.25, -0.2) is 0 Å². The SMILES string of the molecule is CCO[Si](CCCCN(CCN(C)C)[Si](C)(C)C)(OCC)OCC. The third kappa shape index (κ3) is 10.3. The summed E-state index contributed by atoms with van der Waals surface area (Å²) in [7, 11) is 0.559. The van der Waals surface area contributed by atoms with E-state index in [0.29, 0.717) is 19.8 Å². The van der Waals surface area contributed by atoms with Crippen molar-refractivity contribution < 1.29 is 13.3 Å². The van der Waals surface area contributed by atoms with Gasteiger partial charge in [0.2, 0.25) is 0 Å². The molecule has 0 aliphatic heterocycles. The highest BCUT2D eigenvalue weighted by atomic mass is 28.4. The minimum Gasteiger partial charge on any atom is -0.374 e. The highest BCUT2D eigenvalue weighted by Gasteiger charge is 2.39. The lowest BCUT2D eigenvalue weighted by molar-refractivity contribution is 0.0706. The molecule has 0 aliphatic carbocycles. The van der Waals surface area contributed by atoms with Crippen LogP contribution in [-0.4, -0.2) is 80.1 Å². The molecule has 0 unspecified atom stereocenters. The summed E-state index contributed by atoms with van der Waals surface area (Å²) in [6, 6.07) is 0.926. The Kier molecular flexibility index (Phi) is 12.7. The lowest BCUT2D eigenvalue weighted by Crippen LogP contribution is -2.49. The first-order chi connectivity index (χ1) is 11.2. The Bertz CT molecular complexity index is 296. The van der Waals surface area contributed by atoms with Crippen LogP contribution in [0, 0.1) is 0 Å². The van der Waals surface area contributed by atoms with Crippen LogP contribution in [0.5, 0.6) is 0 Å². The molecule has 5 nitrogen and oxygen atoms in total. The summed E-state index contributed by atoms with van der Waals surface area (Å²) in [5.41, 5.74) is 0. The Morgan fingerprint density at radius 3 is 1.58 bits per heavy atom. The number of hydrogen-bond acceptors (Lipinski definition) is 5. The maximum absolute atomic E-state index is 5.95. The summed E-state index contributed by atoms with van der Waals surface area (Å²) in [5, 5.41) is 0. The van der Waals surface area contributed by atoms with Crippen LogP contribution in [0.15, 0.2) is 0 Å². The van der Waals surface area contributed by atoms with E-state index < -0.39 is 17.0 Å². The standard InChI is InChI=1S/C17H42N2O3Si2/c1-9-20-24(21-10-2,22-11-3)17-13-12-14-19(23(6,7)8)16-15-18(4)5/h9-17H2,1-8H3. The van der Waals surface area contributed by atoms with Gasteiger partial charge in [-0.05, 0) is 54.3 Å². The number of rotatable bonds is 15. The van der Waals surface area contributed by atoms with E-state index >= 15 is 0 Å². The Morgan fingerprint density at radius 2 is 1.21 bits per heavy atom. The minimum absolute atomic E-state index is 0.663. The van der Waals surface area contributed by atoms with Crippen LogP contribution in [0.25, 0.3) is 0 Å². The van der Waals surface area contributed by atoms with Gasteiger partial charge in [0.1, 0.15) is 8.24 Å². The molecule has 0 spiro atoms. The smallest absolute Gasteiger partial charge is 0.374 e. The van der Waals surface area contributed by atoms with Gasteiger partial charge in [-0.2, -0.15) is 0 Å². The molecule has 0 aliphatic rings. The van der Waals surface area contributed by atoms with Crippen molar-refractivity contribution in [2.45, 2.75) is 59.3 Å². The molecule has 0 N–H and O–H groups in total. The molecule has 0 atom stereocenters. The number of unbranched alkanes of at least 4 members (excludes halogenated alkanes) is 1. The van der Waals surface area contributed by atoms with Crippen LogP contribution in [0.4, 0.5) is 0 Å². The topological polar surface area (TPSA) is 34.2 Å². The van der Waals surface area contributed by atoms with Gasteiger partial charge < -0.3 is 22.7 Å². The largest absolute Gasteiger partial charge is 0.500 e. The maximum Gasteiger partial charge on any atom is 0.500 e.